The molecule has 2 unspecified atom stereocenters. The molecule has 1 aliphatic carbocycles. The molecule has 1 heterocycles. The van der Waals surface area contributed by atoms with Crippen molar-refractivity contribution in [2.75, 3.05) is 13.6 Å². The summed E-state index contributed by atoms with van der Waals surface area (Å²) in [7, 11) is 1.77. The van der Waals surface area contributed by atoms with Crippen molar-refractivity contribution >= 4 is 17.9 Å². The molecule has 0 N–H and O–H groups in total. The molecule has 0 spiro atoms. The highest BCUT2D eigenvalue weighted by molar-refractivity contribution is 6.21. The summed E-state index contributed by atoms with van der Waals surface area (Å²) in [6.07, 6.45) is 3.30. The minimum absolute atomic E-state index is 0.0535. The van der Waals surface area contributed by atoms with Crippen LogP contribution in [0, 0.1) is 11.8 Å². The zero-order chi connectivity index (χ0) is 21.3. The molecule has 0 aromatic heterocycles. The van der Waals surface area contributed by atoms with Crippen LogP contribution in [-0.2, 0) is 4.74 Å². The molecule has 1 saturated carbocycles. The van der Waals surface area contributed by atoms with Gasteiger partial charge < -0.3 is 9.64 Å². The third kappa shape index (κ3) is 4.62. The molecule has 6 heteroatoms. The minimum Gasteiger partial charge on any atom is -0.444 e. The van der Waals surface area contributed by atoms with Gasteiger partial charge in [0.15, 0.2) is 0 Å². The summed E-state index contributed by atoms with van der Waals surface area (Å²) in [6, 6.07) is 7.02. The molecule has 158 valence electrons. The third-order valence-electron chi connectivity index (χ3n) is 5.97. The fourth-order valence-electron chi connectivity index (χ4n) is 4.45. The standard InChI is InChI=1S/C23H32N2O4/c1-15-14-16(12-13-24(5)22(28)29-23(2,3)4)10-11-19(15)25-20(26)17-8-6-7-9-18(17)21(25)27/h6-9,15-16,19H,10-14H2,1-5H3/t15-,16?,19?/m1/s1. The lowest BCUT2D eigenvalue weighted by atomic mass is 9.77. The monoisotopic (exact) mass is 400 g/mol. The van der Waals surface area contributed by atoms with Crippen LogP contribution in [-0.4, -0.2) is 52.9 Å². The van der Waals surface area contributed by atoms with Gasteiger partial charge in [-0.25, -0.2) is 4.79 Å². The third-order valence-corrected chi connectivity index (χ3v) is 5.97. The molecular formula is C23H32N2O4. The van der Waals surface area contributed by atoms with Gasteiger partial charge in [-0.2, -0.15) is 0 Å². The van der Waals surface area contributed by atoms with Gasteiger partial charge in [0.1, 0.15) is 5.60 Å². The van der Waals surface area contributed by atoms with E-state index in [-0.39, 0.29) is 29.9 Å². The van der Waals surface area contributed by atoms with E-state index in [4.69, 9.17) is 4.74 Å². The van der Waals surface area contributed by atoms with Crippen molar-refractivity contribution in [2.24, 2.45) is 11.8 Å². The van der Waals surface area contributed by atoms with Crippen molar-refractivity contribution in [3.63, 3.8) is 0 Å². The van der Waals surface area contributed by atoms with E-state index in [9.17, 15) is 14.4 Å². The molecule has 0 bridgehead atoms. The second kappa shape index (κ2) is 8.17. The molecular weight excluding hydrogens is 368 g/mol. The van der Waals surface area contributed by atoms with Gasteiger partial charge in [0.25, 0.3) is 11.8 Å². The summed E-state index contributed by atoms with van der Waals surface area (Å²) >= 11 is 0. The second-order valence-electron chi connectivity index (χ2n) is 9.44. The maximum atomic E-state index is 12.8. The van der Waals surface area contributed by atoms with Gasteiger partial charge in [-0.1, -0.05) is 19.1 Å². The Bertz CT molecular complexity index is 763. The summed E-state index contributed by atoms with van der Waals surface area (Å²) in [5, 5.41) is 0. The van der Waals surface area contributed by atoms with E-state index in [2.05, 4.69) is 6.92 Å². The van der Waals surface area contributed by atoms with Crippen molar-refractivity contribution in [3.05, 3.63) is 35.4 Å². The summed E-state index contributed by atoms with van der Waals surface area (Å²) in [4.78, 5) is 40.8. The highest BCUT2D eigenvalue weighted by atomic mass is 16.6. The first-order valence-corrected chi connectivity index (χ1v) is 10.5. The first-order valence-electron chi connectivity index (χ1n) is 10.5. The Morgan fingerprint density at radius 1 is 1.14 bits per heavy atom. The van der Waals surface area contributed by atoms with E-state index in [1.165, 1.54) is 4.90 Å². The van der Waals surface area contributed by atoms with E-state index < -0.39 is 5.60 Å². The highest BCUT2D eigenvalue weighted by Gasteiger charge is 2.43. The van der Waals surface area contributed by atoms with Crippen molar-refractivity contribution < 1.29 is 19.1 Å². The first-order chi connectivity index (χ1) is 13.6. The predicted molar refractivity (Wildman–Crippen MR) is 111 cm³/mol. The van der Waals surface area contributed by atoms with Gasteiger partial charge in [-0.3, -0.25) is 14.5 Å². The van der Waals surface area contributed by atoms with Gasteiger partial charge in [-0.05, 0) is 70.4 Å². The fraction of sp³-hybridized carbons (Fsp3) is 0.609. The Hall–Kier alpha value is -2.37. The van der Waals surface area contributed by atoms with Crippen LogP contribution in [0.2, 0.25) is 0 Å². The van der Waals surface area contributed by atoms with Crippen LogP contribution in [0.3, 0.4) is 0 Å². The van der Waals surface area contributed by atoms with E-state index >= 15 is 0 Å². The number of imide groups is 1. The number of rotatable bonds is 4. The number of carbonyl (C=O) groups excluding carboxylic acids is 3. The van der Waals surface area contributed by atoms with Crippen LogP contribution < -0.4 is 0 Å². The van der Waals surface area contributed by atoms with Gasteiger partial charge in [-0.15, -0.1) is 0 Å². The number of nitrogens with zero attached hydrogens (tertiary/aromatic N) is 2. The first kappa shape index (κ1) is 21.3. The average molecular weight is 401 g/mol. The largest absolute Gasteiger partial charge is 0.444 e. The van der Waals surface area contributed by atoms with Gasteiger partial charge in [0, 0.05) is 19.6 Å². The molecule has 1 aromatic rings. The smallest absolute Gasteiger partial charge is 0.410 e. The number of hydrogen-bond donors (Lipinski definition) is 0. The molecule has 1 aromatic carbocycles. The van der Waals surface area contributed by atoms with Crippen LogP contribution in [0.1, 0.15) is 74.1 Å². The predicted octanol–water partition coefficient (Wildman–Crippen LogP) is 4.34. The van der Waals surface area contributed by atoms with Gasteiger partial charge >= 0.3 is 6.09 Å². The maximum Gasteiger partial charge on any atom is 0.410 e. The Balaban J connectivity index is 1.55. The number of ether oxygens (including phenoxy) is 1. The highest BCUT2D eigenvalue weighted by Crippen LogP contribution is 2.37. The zero-order valence-corrected chi connectivity index (χ0v) is 18.1. The van der Waals surface area contributed by atoms with Crippen molar-refractivity contribution in [3.8, 4) is 0 Å². The van der Waals surface area contributed by atoms with Gasteiger partial charge in [0.05, 0.1) is 11.1 Å². The molecule has 3 amide bonds. The summed E-state index contributed by atoms with van der Waals surface area (Å²) in [6.45, 7) is 8.35. The molecule has 0 saturated heterocycles. The maximum absolute atomic E-state index is 12.8. The summed E-state index contributed by atoms with van der Waals surface area (Å²) in [5.74, 6) is 0.389. The SMILES string of the molecule is C[C@@H]1CC(CCN(C)C(=O)OC(C)(C)C)CCC1N1C(=O)c2ccccc2C1=O. The van der Waals surface area contributed by atoms with E-state index in [0.717, 1.165) is 25.7 Å². The quantitative estimate of drug-likeness (QED) is 0.705. The molecule has 3 atom stereocenters. The lowest BCUT2D eigenvalue weighted by Gasteiger charge is -2.38. The Morgan fingerprint density at radius 3 is 2.24 bits per heavy atom. The van der Waals surface area contributed by atoms with Crippen LogP contribution in [0.15, 0.2) is 24.3 Å². The fourth-order valence-corrected chi connectivity index (χ4v) is 4.45. The number of fused-ring (bicyclic) bond motifs is 1. The molecule has 29 heavy (non-hydrogen) atoms. The number of benzene rings is 1. The Morgan fingerprint density at radius 2 is 1.72 bits per heavy atom. The lowest BCUT2D eigenvalue weighted by molar-refractivity contribution is 0.0268. The van der Waals surface area contributed by atoms with Crippen molar-refractivity contribution in [1.29, 1.82) is 0 Å². The topological polar surface area (TPSA) is 66.9 Å². The molecule has 1 aliphatic heterocycles. The zero-order valence-electron chi connectivity index (χ0n) is 18.1. The van der Waals surface area contributed by atoms with Crippen LogP contribution in [0.25, 0.3) is 0 Å². The number of hydrogen-bond acceptors (Lipinski definition) is 4. The number of amides is 3. The average Bonchev–Trinajstić information content (AvgIpc) is 2.90. The van der Waals surface area contributed by atoms with Crippen LogP contribution in [0.5, 0.6) is 0 Å². The second-order valence-corrected chi connectivity index (χ2v) is 9.44. The minimum atomic E-state index is -0.496. The summed E-state index contributed by atoms with van der Waals surface area (Å²) < 4.78 is 5.40. The molecule has 3 rings (SSSR count). The molecule has 1 fully saturated rings. The normalized spacial score (nSPS) is 24.4. The van der Waals surface area contributed by atoms with Crippen molar-refractivity contribution in [2.45, 2.75) is 65.0 Å². The summed E-state index contributed by atoms with van der Waals surface area (Å²) in [5.41, 5.74) is 0.543. The van der Waals surface area contributed by atoms with E-state index in [1.807, 2.05) is 20.8 Å². The molecule has 6 nitrogen and oxygen atoms in total. The lowest BCUT2D eigenvalue weighted by Crippen LogP contribution is -2.46. The van der Waals surface area contributed by atoms with Crippen molar-refractivity contribution in [1.82, 2.24) is 9.80 Å². The van der Waals surface area contributed by atoms with Crippen LogP contribution in [0.4, 0.5) is 4.79 Å². The van der Waals surface area contributed by atoms with E-state index in [1.54, 1.807) is 36.2 Å². The van der Waals surface area contributed by atoms with Crippen LogP contribution >= 0.6 is 0 Å². The number of carbonyl (C=O) groups is 3. The molecule has 2 aliphatic rings. The molecule has 0 radical (unpaired) electrons. The van der Waals surface area contributed by atoms with E-state index in [0.29, 0.717) is 23.6 Å². The Labute approximate surface area is 173 Å². The Kier molecular flexibility index (Phi) is 6.01. The van der Waals surface area contributed by atoms with Gasteiger partial charge in [0.2, 0.25) is 0 Å².